The summed E-state index contributed by atoms with van der Waals surface area (Å²) >= 11 is 0. The molecule has 1 heterocycles. The number of carbonyl (C=O) groups is 1. The van der Waals surface area contributed by atoms with Gasteiger partial charge in [-0.2, -0.15) is 0 Å². The van der Waals surface area contributed by atoms with Crippen molar-refractivity contribution in [2.75, 3.05) is 50.5 Å². The highest BCUT2D eigenvalue weighted by molar-refractivity contribution is 5.78. The first-order valence-corrected chi connectivity index (χ1v) is 9.87. The largest absolute Gasteiger partial charge is 0.497 e. The van der Waals surface area contributed by atoms with Crippen LogP contribution in [-0.4, -0.2) is 46.8 Å². The molecular weight excluding hydrogens is 392 g/mol. The molecule has 1 unspecified atom stereocenters. The van der Waals surface area contributed by atoms with Crippen LogP contribution in [0.1, 0.15) is 17.2 Å². The zero-order valence-electron chi connectivity index (χ0n) is 18.5. The van der Waals surface area contributed by atoms with Crippen molar-refractivity contribution >= 4 is 23.6 Å². The molecule has 3 rings (SSSR count). The van der Waals surface area contributed by atoms with Crippen molar-refractivity contribution in [3.63, 3.8) is 0 Å². The lowest BCUT2D eigenvalue weighted by molar-refractivity contribution is -0.107. The summed E-state index contributed by atoms with van der Waals surface area (Å²) in [4.78, 5) is 19.7. The van der Waals surface area contributed by atoms with Crippen LogP contribution < -0.4 is 24.6 Å². The van der Waals surface area contributed by atoms with Gasteiger partial charge in [0.15, 0.2) is 0 Å². The first kappa shape index (κ1) is 22.0. The maximum atomic E-state index is 11.6. The monoisotopic (exact) mass is 420 g/mol. The second-order valence-corrected chi connectivity index (χ2v) is 7.25. The molecule has 0 spiro atoms. The molecule has 0 saturated carbocycles. The van der Waals surface area contributed by atoms with Crippen LogP contribution in [0.25, 0.3) is 0 Å². The number of nitrogens with zero attached hydrogens (tertiary/aromatic N) is 3. The van der Waals surface area contributed by atoms with E-state index in [2.05, 4.69) is 10.3 Å². The topological polar surface area (TPSA) is 66.9 Å². The van der Waals surface area contributed by atoms with Gasteiger partial charge < -0.3 is 24.6 Å². The van der Waals surface area contributed by atoms with Gasteiger partial charge in [-0.15, -0.1) is 0 Å². The Kier molecular flexibility index (Phi) is 6.97. The first-order valence-electron chi connectivity index (χ1n) is 9.87. The van der Waals surface area contributed by atoms with Crippen LogP contribution in [-0.2, 0) is 4.79 Å². The molecule has 7 heteroatoms. The highest BCUT2D eigenvalue weighted by atomic mass is 16.5. The second kappa shape index (κ2) is 9.84. The minimum Gasteiger partial charge on any atom is -0.497 e. The van der Waals surface area contributed by atoms with Crippen LogP contribution >= 0.6 is 0 Å². The van der Waals surface area contributed by atoms with E-state index in [1.807, 2.05) is 73.6 Å². The summed E-state index contributed by atoms with van der Waals surface area (Å²) in [7, 11) is 8.99. The molecule has 1 aromatic heterocycles. The Balaban J connectivity index is 2.28. The molecule has 1 N–H and O–H groups in total. The first-order chi connectivity index (χ1) is 15.0. The Labute approximate surface area is 183 Å². The number of ether oxygens (including phenoxy) is 2. The van der Waals surface area contributed by atoms with E-state index in [1.165, 1.54) is 0 Å². The van der Waals surface area contributed by atoms with E-state index in [9.17, 15) is 4.79 Å². The van der Waals surface area contributed by atoms with E-state index in [4.69, 9.17) is 9.47 Å². The summed E-state index contributed by atoms with van der Waals surface area (Å²) in [6.07, 6.45) is 2.53. The lowest BCUT2D eigenvalue weighted by Gasteiger charge is -2.29. The van der Waals surface area contributed by atoms with Crippen molar-refractivity contribution in [3.05, 3.63) is 71.9 Å². The second-order valence-electron chi connectivity index (χ2n) is 7.25. The molecular formula is C24H28N4O3. The predicted octanol–water partition coefficient (Wildman–Crippen LogP) is 3.96. The summed E-state index contributed by atoms with van der Waals surface area (Å²) in [5.41, 5.74) is 3.62. The average Bonchev–Trinajstić information content (AvgIpc) is 2.81. The molecule has 0 radical (unpaired) electrons. The van der Waals surface area contributed by atoms with Crippen molar-refractivity contribution in [1.29, 1.82) is 0 Å². The van der Waals surface area contributed by atoms with Gasteiger partial charge in [0.25, 0.3) is 0 Å². The lowest BCUT2D eigenvalue weighted by atomic mass is 9.94. The number of amides is 1. The third-order valence-electron chi connectivity index (χ3n) is 5.07. The van der Waals surface area contributed by atoms with Crippen LogP contribution in [0, 0.1) is 0 Å². The normalized spacial score (nSPS) is 11.4. The molecule has 1 amide bonds. The van der Waals surface area contributed by atoms with Crippen molar-refractivity contribution in [1.82, 2.24) is 4.98 Å². The SMILES string of the molecule is COc1ccc(N(C)C)c(C(Nc2ccccn2)c2cc(OC)ccc2N(C)C=O)c1. The van der Waals surface area contributed by atoms with Crippen LogP contribution in [0.2, 0.25) is 0 Å². The predicted molar refractivity (Wildman–Crippen MR) is 124 cm³/mol. The van der Waals surface area contributed by atoms with Gasteiger partial charge in [0.1, 0.15) is 17.3 Å². The summed E-state index contributed by atoms with van der Waals surface area (Å²) < 4.78 is 11.0. The van der Waals surface area contributed by atoms with Gasteiger partial charge in [-0.05, 0) is 48.5 Å². The Bertz CT molecular complexity index is 1020. The van der Waals surface area contributed by atoms with Gasteiger partial charge in [0.05, 0.1) is 20.3 Å². The fourth-order valence-electron chi connectivity index (χ4n) is 3.49. The Hall–Kier alpha value is -3.74. The maximum absolute atomic E-state index is 11.6. The number of pyridine rings is 1. The van der Waals surface area contributed by atoms with Crippen LogP contribution in [0.15, 0.2) is 60.8 Å². The molecule has 1 atom stereocenters. The number of hydrogen-bond acceptors (Lipinski definition) is 6. The van der Waals surface area contributed by atoms with Gasteiger partial charge >= 0.3 is 0 Å². The number of rotatable bonds is 9. The Morgan fingerprint density at radius 2 is 1.52 bits per heavy atom. The van der Waals surface area contributed by atoms with Gasteiger partial charge in [-0.25, -0.2) is 4.98 Å². The number of benzene rings is 2. The van der Waals surface area contributed by atoms with Crippen molar-refractivity contribution in [2.45, 2.75) is 6.04 Å². The minimum absolute atomic E-state index is 0.338. The molecule has 162 valence electrons. The highest BCUT2D eigenvalue weighted by Crippen LogP contribution is 2.40. The standard InChI is InChI=1S/C24H28N4O3/c1-27(2)21-11-9-17(30-4)14-19(21)24(26-23-8-6-7-13-25-23)20-15-18(31-5)10-12-22(20)28(3)16-29/h6-16,24H,1-5H3,(H,25,26). The number of methoxy groups -OCH3 is 2. The molecule has 3 aromatic rings. The van der Waals surface area contributed by atoms with Crippen molar-refractivity contribution in [3.8, 4) is 11.5 Å². The van der Waals surface area contributed by atoms with E-state index in [0.29, 0.717) is 11.6 Å². The maximum Gasteiger partial charge on any atom is 0.213 e. The van der Waals surface area contributed by atoms with Gasteiger partial charge in [-0.1, -0.05) is 6.07 Å². The number of carbonyl (C=O) groups excluding carboxylic acids is 1. The van der Waals surface area contributed by atoms with Crippen LogP contribution in [0.5, 0.6) is 11.5 Å². The molecule has 0 bridgehead atoms. The smallest absolute Gasteiger partial charge is 0.213 e. The summed E-state index contributed by atoms with van der Waals surface area (Å²) in [5.74, 6) is 2.14. The molecule has 0 aliphatic heterocycles. The minimum atomic E-state index is -0.338. The van der Waals surface area contributed by atoms with Gasteiger partial charge in [0.2, 0.25) is 6.41 Å². The number of aromatic nitrogens is 1. The molecule has 2 aromatic carbocycles. The van der Waals surface area contributed by atoms with Crippen molar-refractivity contribution < 1.29 is 14.3 Å². The zero-order valence-corrected chi connectivity index (χ0v) is 18.5. The highest BCUT2D eigenvalue weighted by Gasteiger charge is 2.24. The summed E-state index contributed by atoms with van der Waals surface area (Å²) in [5, 5.41) is 3.54. The van der Waals surface area contributed by atoms with Gasteiger partial charge in [-0.3, -0.25) is 4.79 Å². The average molecular weight is 421 g/mol. The van der Waals surface area contributed by atoms with Crippen LogP contribution in [0.3, 0.4) is 0 Å². The Morgan fingerprint density at radius 3 is 2.03 bits per heavy atom. The third kappa shape index (κ3) is 4.88. The molecule has 0 aliphatic rings. The van der Waals surface area contributed by atoms with Crippen molar-refractivity contribution in [2.24, 2.45) is 0 Å². The van der Waals surface area contributed by atoms with E-state index < -0.39 is 0 Å². The van der Waals surface area contributed by atoms with E-state index in [1.54, 1.807) is 32.4 Å². The fourth-order valence-corrected chi connectivity index (χ4v) is 3.49. The van der Waals surface area contributed by atoms with E-state index >= 15 is 0 Å². The van der Waals surface area contributed by atoms with E-state index in [0.717, 1.165) is 34.7 Å². The summed E-state index contributed by atoms with van der Waals surface area (Å²) in [6.45, 7) is 0. The molecule has 0 fully saturated rings. The zero-order chi connectivity index (χ0) is 22.4. The van der Waals surface area contributed by atoms with E-state index in [-0.39, 0.29) is 6.04 Å². The van der Waals surface area contributed by atoms with Crippen LogP contribution in [0.4, 0.5) is 17.2 Å². The Morgan fingerprint density at radius 1 is 0.903 bits per heavy atom. The fraction of sp³-hybridized carbons (Fsp3) is 0.250. The molecule has 7 nitrogen and oxygen atoms in total. The number of hydrogen-bond donors (Lipinski definition) is 1. The third-order valence-corrected chi connectivity index (χ3v) is 5.07. The molecule has 0 aliphatic carbocycles. The molecule has 31 heavy (non-hydrogen) atoms. The number of nitrogens with one attached hydrogen (secondary N) is 1. The number of anilines is 3. The molecule has 0 saturated heterocycles. The lowest BCUT2D eigenvalue weighted by Crippen LogP contribution is -2.22. The van der Waals surface area contributed by atoms with Gasteiger partial charge in [0, 0.05) is 49.8 Å². The quantitative estimate of drug-likeness (QED) is 0.529. The summed E-state index contributed by atoms with van der Waals surface area (Å²) in [6, 6.07) is 17.0.